The van der Waals surface area contributed by atoms with E-state index in [0.29, 0.717) is 5.69 Å². The Hall–Kier alpha value is -0.800. The van der Waals surface area contributed by atoms with Gasteiger partial charge in [0.2, 0.25) is 0 Å². The third-order valence-electron chi connectivity index (χ3n) is 1.95. The summed E-state index contributed by atoms with van der Waals surface area (Å²) in [5.41, 5.74) is 2.20. The summed E-state index contributed by atoms with van der Waals surface area (Å²) in [6.45, 7) is 1.84. The molecule has 19 heavy (non-hydrogen) atoms. The standard InChI is InChI=1S/C11H10N2O.Cl3OP/c1-8-7-10(13-11(14)12-8)9-5-3-2-4-6-9;1-5(2,3)4/h2-7H,1H3,(H,12,13,14);. The monoisotopic (exact) mass is 338 g/mol. The minimum Gasteiger partial charge on any atom is -0.310 e. The molecule has 0 aliphatic rings. The van der Waals surface area contributed by atoms with E-state index in [9.17, 15) is 9.36 Å². The Balaban J connectivity index is 0.000000312. The van der Waals surface area contributed by atoms with Crippen molar-refractivity contribution < 1.29 is 4.57 Å². The predicted octanol–water partition coefficient (Wildman–Crippen LogP) is 4.56. The highest BCUT2D eigenvalue weighted by atomic mass is 36.0. The molecule has 0 radical (unpaired) electrons. The molecule has 1 aromatic carbocycles. The second-order valence-electron chi connectivity index (χ2n) is 3.52. The number of halogens is 3. The Morgan fingerprint density at radius 1 is 1.16 bits per heavy atom. The van der Waals surface area contributed by atoms with E-state index in [1.54, 1.807) is 0 Å². The largest absolute Gasteiger partial charge is 0.345 e. The van der Waals surface area contributed by atoms with Gasteiger partial charge in [0.25, 0.3) is 0 Å². The minimum atomic E-state index is -3.22. The molecule has 1 aromatic heterocycles. The SMILES string of the molecule is Cc1cc(-c2ccccc2)nc(=O)[nH]1.O=P(Cl)(Cl)Cl. The lowest BCUT2D eigenvalue weighted by atomic mass is 10.1. The zero-order valence-corrected chi connectivity index (χ0v) is 13.0. The van der Waals surface area contributed by atoms with Gasteiger partial charge in [-0.3, -0.25) is 4.57 Å². The van der Waals surface area contributed by atoms with Crippen molar-refractivity contribution in [1.29, 1.82) is 0 Å². The Morgan fingerprint density at radius 3 is 2.16 bits per heavy atom. The molecule has 4 nitrogen and oxygen atoms in total. The van der Waals surface area contributed by atoms with Gasteiger partial charge in [-0.2, -0.15) is 4.98 Å². The third kappa shape index (κ3) is 7.38. The van der Waals surface area contributed by atoms with Gasteiger partial charge in [-0.25, -0.2) is 4.79 Å². The molecule has 0 bridgehead atoms. The fourth-order valence-electron chi connectivity index (χ4n) is 1.34. The molecule has 0 fully saturated rings. The van der Waals surface area contributed by atoms with Crippen LogP contribution in [0.15, 0.2) is 41.2 Å². The van der Waals surface area contributed by atoms with Crippen molar-refractivity contribution >= 4 is 38.9 Å². The molecule has 1 N–H and O–H groups in total. The highest BCUT2D eigenvalue weighted by molar-refractivity contribution is 8.24. The molecule has 8 heteroatoms. The fraction of sp³-hybridized carbons (Fsp3) is 0.0909. The fourth-order valence-corrected chi connectivity index (χ4v) is 1.34. The number of aromatic nitrogens is 2. The number of nitrogens with one attached hydrogen (secondary N) is 1. The zero-order chi connectivity index (χ0) is 14.5. The van der Waals surface area contributed by atoms with Crippen LogP contribution in [0.4, 0.5) is 0 Å². The van der Waals surface area contributed by atoms with Crippen molar-refractivity contribution in [3.8, 4) is 11.3 Å². The van der Waals surface area contributed by atoms with Crippen LogP contribution in [0.2, 0.25) is 0 Å². The minimum absolute atomic E-state index is 0.302. The molecular formula is C11H10Cl3N2O2P. The average Bonchev–Trinajstić information content (AvgIpc) is 2.26. The number of rotatable bonds is 1. The van der Waals surface area contributed by atoms with Gasteiger partial charge in [-0.05, 0) is 46.7 Å². The maximum atomic E-state index is 11.1. The van der Waals surface area contributed by atoms with Crippen molar-refractivity contribution in [2.75, 3.05) is 0 Å². The van der Waals surface area contributed by atoms with E-state index < -0.39 is 5.20 Å². The highest BCUT2D eigenvalue weighted by Gasteiger charge is 2.03. The first kappa shape index (κ1) is 16.3. The van der Waals surface area contributed by atoms with Crippen molar-refractivity contribution in [3.63, 3.8) is 0 Å². The third-order valence-corrected chi connectivity index (χ3v) is 1.95. The maximum absolute atomic E-state index is 11.1. The summed E-state index contributed by atoms with van der Waals surface area (Å²) in [6.07, 6.45) is 0. The molecule has 1 heterocycles. The second kappa shape index (κ2) is 7.11. The summed E-state index contributed by atoms with van der Waals surface area (Å²) in [4.78, 5) is 17.6. The van der Waals surface area contributed by atoms with E-state index in [2.05, 4.69) is 43.7 Å². The average molecular weight is 340 g/mol. The van der Waals surface area contributed by atoms with Gasteiger partial charge in [0.1, 0.15) is 0 Å². The van der Waals surface area contributed by atoms with Gasteiger partial charge < -0.3 is 4.98 Å². The van der Waals surface area contributed by atoms with E-state index in [0.717, 1.165) is 11.3 Å². The molecule has 0 unspecified atom stereocenters. The predicted molar refractivity (Wildman–Crippen MR) is 80.2 cm³/mol. The first-order valence-electron chi connectivity index (χ1n) is 5.08. The van der Waals surface area contributed by atoms with Crippen LogP contribution in [0.1, 0.15) is 5.69 Å². The summed E-state index contributed by atoms with van der Waals surface area (Å²) in [5.74, 6) is 0. The molecule has 2 aromatic rings. The molecule has 0 saturated carbocycles. The van der Waals surface area contributed by atoms with E-state index in [-0.39, 0.29) is 5.69 Å². The number of hydrogen-bond acceptors (Lipinski definition) is 3. The summed E-state index contributed by atoms with van der Waals surface area (Å²) in [6, 6.07) is 11.5. The molecule has 102 valence electrons. The lowest BCUT2D eigenvalue weighted by Gasteiger charge is -1.99. The Kier molecular flexibility index (Phi) is 6.08. The lowest BCUT2D eigenvalue weighted by Crippen LogP contribution is -2.11. The number of H-pyrrole nitrogens is 1. The number of aryl methyl sites for hydroxylation is 1. The van der Waals surface area contributed by atoms with Gasteiger partial charge in [-0.15, -0.1) is 0 Å². The van der Waals surface area contributed by atoms with Crippen LogP contribution in [0.3, 0.4) is 0 Å². The van der Waals surface area contributed by atoms with Crippen LogP contribution < -0.4 is 5.69 Å². The maximum Gasteiger partial charge on any atom is 0.345 e. The first-order valence-corrected chi connectivity index (χ1v) is 9.50. The molecule has 0 saturated heterocycles. The quantitative estimate of drug-likeness (QED) is 0.775. The van der Waals surface area contributed by atoms with E-state index in [4.69, 9.17) is 0 Å². The smallest absolute Gasteiger partial charge is 0.310 e. The van der Waals surface area contributed by atoms with Crippen LogP contribution in [0.25, 0.3) is 11.3 Å². The molecule has 0 spiro atoms. The van der Waals surface area contributed by atoms with Gasteiger partial charge >= 0.3 is 10.9 Å². The molecule has 2 rings (SSSR count). The number of benzene rings is 1. The van der Waals surface area contributed by atoms with E-state index in [1.165, 1.54) is 0 Å². The molecule has 0 amide bonds. The summed E-state index contributed by atoms with van der Waals surface area (Å²) in [5, 5.41) is -3.22. The summed E-state index contributed by atoms with van der Waals surface area (Å²) < 4.78 is 9.51. The van der Waals surface area contributed by atoms with Crippen LogP contribution in [0, 0.1) is 6.92 Å². The van der Waals surface area contributed by atoms with Crippen molar-refractivity contribution in [1.82, 2.24) is 9.97 Å². The van der Waals surface area contributed by atoms with Crippen LogP contribution in [0.5, 0.6) is 0 Å². The van der Waals surface area contributed by atoms with Crippen molar-refractivity contribution in [3.05, 3.63) is 52.6 Å². The first-order chi connectivity index (χ1) is 8.75. The summed E-state index contributed by atoms with van der Waals surface area (Å²) in [7, 11) is 0. The van der Waals surface area contributed by atoms with Gasteiger partial charge in [-0.1, -0.05) is 30.3 Å². The Morgan fingerprint density at radius 2 is 1.68 bits per heavy atom. The normalized spacial score (nSPS) is 10.5. The second-order valence-corrected chi connectivity index (χ2v) is 10.2. The Bertz CT molecular complexity index is 632. The van der Waals surface area contributed by atoms with Crippen LogP contribution >= 0.6 is 38.9 Å². The van der Waals surface area contributed by atoms with Crippen LogP contribution in [-0.2, 0) is 4.57 Å². The molecular weight excluding hydrogens is 329 g/mol. The zero-order valence-electron chi connectivity index (χ0n) is 9.81. The molecule has 0 atom stereocenters. The van der Waals surface area contributed by atoms with Gasteiger partial charge in [0.05, 0.1) is 5.69 Å². The highest BCUT2D eigenvalue weighted by Crippen LogP contribution is 2.61. The number of nitrogens with zero attached hydrogens (tertiary/aromatic N) is 1. The molecule has 0 aliphatic carbocycles. The topological polar surface area (TPSA) is 62.8 Å². The lowest BCUT2D eigenvalue weighted by molar-refractivity contribution is 0.600. The Labute approximate surface area is 124 Å². The van der Waals surface area contributed by atoms with Gasteiger partial charge in [0.15, 0.2) is 0 Å². The number of aromatic amines is 1. The van der Waals surface area contributed by atoms with Gasteiger partial charge in [0, 0.05) is 11.3 Å². The van der Waals surface area contributed by atoms with Crippen molar-refractivity contribution in [2.24, 2.45) is 0 Å². The molecule has 0 aliphatic heterocycles. The van der Waals surface area contributed by atoms with Crippen molar-refractivity contribution in [2.45, 2.75) is 6.92 Å². The number of hydrogen-bond donors (Lipinski definition) is 1. The van der Waals surface area contributed by atoms with Crippen LogP contribution in [-0.4, -0.2) is 9.97 Å². The van der Waals surface area contributed by atoms with E-state index >= 15 is 0 Å². The van der Waals surface area contributed by atoms with E-state index in [1.807, 2.05) is 43.3 Å². The summed E-state index contributed by atoms with van der Waals surface area (Å²) >= 11 is 13.8.